The molecule has 0 aliphatic carbocycles. The Kier molecular flexibility index (Phi) is 4.10. The third-order valence-electron chi connectivity index (χ3n) is 2.81. The lowest BCUT2D eigenvalue weighted by Gasteiger charge is -2.10. The first kappa shape index (κ1) is 15.0. The summed E-state index contributed by atoms with van der Waals surface area (Å²) in [4.78, 5) is 9.12. The standard InChI is InChI=1S/C14H10ClN3O2S2/c15-10-4-1-2-6-12(10)22(19,20)18-14-13(16-7-8-17-14)11-5-3-9-21-11/h1-9H,(H,17,18). The number of anilines is 1. The van der Waals surface area contributed by atoms with Gasteiger partial charge < -0.3 is 0 Å². The van der Waals surface area contributed by atoms with Crippen LogP contribution in [0.5, 0.6) is 0 Å². The lowest BCUT2D eigenvalue weighted by molar-refractivity contribution is 0.601. The molecule has 2 aromatic heterocycles. The summed E-state index contributed by atoms with van der Waals surface area (Å²) in [5, 5.41) is 2.03. The van der Waals surface area contributed by atoms with E-state index in [1.807, 2.05) is 17.5 Å². The van der Waals surface area contributed by atoms with Crippen molar-refractivity contribution in [2.45, 2.75) is 4.90 Å². The van der Waals surface area contributed by atoms with Gasteiger partial charge >= 0.3 is 0 Å². The van der Waals surface area contributed by atoms with Crippen LogP contribution in [0.4, 0.5) is 5.82 Å². The summed E-state index contributed by atoms with van der Waals surface area (Å²) in [6.45, 7) is 0. The van der Waals surface area contributed by atoms with Gasteiger partial charge in [-0.25, -0.2) is 18.4 Å². The molecule has 22 heavy (non-hydrogen) atoms. The van der Waals surface area contributed by atoms with Crippen LogP contribution in [0, 0.1) is 0 Å². The Morgan fingerprint density at radius 1 is 1.05 bits per heavy atom. The molecule has 1 N–H and O–H groups in total. The maximum Gasteiger partial charge on any atom is 0.264 e. The molecule has 0 aliphatic heterocycles. The van der Waals surface area contributed by atoms with E-state index in [9.17, 15) is 8.42 Å². The molecule has 1 aromatic carbocycles. The van der Waals surface area contributed by atoms with Crippen LogP contribution in [0.3, 0.4) is 0 Å². The van der Waals surface area contributed by atoms with Crippen LogP contribution in [0.25, 0.3) is 10.6 Å². The number of sulfonamides is 1. The third kappa shape index (κ3) is 2.96. The van der Waals surface area contributed by atoms with Crippen LogP contribution in [-0.4, -0.2) is 18.4 Å². The number of hydrogen-bond donors (Lipinski definition) is 1. The van der Waals surface area contributed by atoms with Gasteiger partial charge in [-0.05, 0) is 23.6 Å². The number of nitrogens with one attached hydrogen (secondary N) is 1. The normalized spacial score (nSPS) is 11.3. The minimum Gasteiger partial charge on any atom is -0.261 e. The Morgan fingerprint density at radius 3 is 2.55 bits per heavy atom. The fourth-order valence-electron chi connectivity index (χ4n) is 1.85. The number of aromatic nitrogens is 2. The maximum absolute atomic E-state index is 12.5. The number of hydrogen-bond acceptors (Lipinski definition) is 5. The van der Waals surface area contributed by atoms with Gasteiger partial charge in [-0.2, -0.15) is 0 Å². The molecule has 0 atom stereocenters. The molecule has 0 radical (unpaired) electrons. The quantitative estimate of drug-likeness (QED) is 0.778. The van der Waals surface area contributed by atoms with Gasteiger partial charge in [0.25, 0.3) is 10.0 Å². The second-order valence-corrected chi connectivity index (χ2v) is 7.27. The lowest BCUT2D eigenvalue weighted by atomic mass is 10.3. The first-order valence-electron chi connectivity index (χ1n) is 6.20. The molecule has 8 heteroatoms. The molecule has 5 nitrogen and oxygen atoms in total. The van der Waals surface area contributed by atoms with Crippen molar-refractivity contribution < 1.29 is 8.42 Å². The van der Waals surface area contributed by atoms with Crippen LogP contribution in [0.2, 0.25) is 5.02 Å². The van der Waals surface area contributed by atoms with E-state index in [1.54, 1.807) is 12.1 Å². The second kappa shape index (κ2) is 6.04. The summed E-state index contributed by atoms with van der Waals surface area (Å²) in [5.41, 5.74) is 0.480. The Bertz CT molecular complexity index is 896. The molecule has 0 saturated carbocycles. The predicted molar refractivity (Wildman–Crippen MR) is 87.6 cm³/mol. The second-order valence-electron chi connectivity index (χ2n) is 4.27. The van der Waals surface area contributed by atoms with Crippen molar-refractivity contribution in [3.63, 3.8) is 0 Å². The van der Waals surface area contributed by atoms with Crippen LogP contribution in [0.1, 0.15) is 0 Å². The van der Waals surface area contributed by atoms with Crippen molar-refractivity contribution in [3.8, 4) is 10.6 Å². The minimum atomic E-state index is -3.84. The van der Waals surface area contributed by atoms with Crippen LogP contribution < -0.4 is 4.72 Å². The van der Waals surface area contributed by atoms with Crippen molar-refractivity contribution in [2.75, 3.05) is 4.72 Å². The van der Waals surface area contributed by atoms with Gasteiger partial charge in [0.15, 0.2) is 5.82 Å². The van der Waals surface area contributed by atoms with Gasteiger partial charge in [-0.15, -0.1) is 11.3 Å². The molecular weight excluding hydrogens is 342 g/mol. The highest BCUT2D eigenvalue weighted by Crippen LogP contribution is 2.30. The highest BCUT2D eigenvalue weighted by atomic mass is 35.5. The molecule has 0 fully saturated rings. The van der Waals surface area contributed by atoms with Crippen molar-refractivity contribution in [1.82, 2.24) is 9.97 Å². The maximum atomic E-state index is 12.5. The van der Waals surface area contributed by atoms with Gasteiger partial charge in [0.05, 0.1) is 9.90 Å². The molecule has 2 heterocycles. The predicted octanol–water partition coefficient (Wildman–Crippen LogP) is 3.66. The average molecular weight is 352 g/mol. The summed E-state index contributed by atoms with van der Waals surface area (Å²) < 4.78 is 27.4. The van der Waals surface area contributed by atoms with Gasteiger partial charge in [-0.1, -0.05) is 29.8 Å². The smallest absolute Gasteiger partial charge is 0.261 e. The summed E-state index contributed by atoms with van der Waals surface area (Å²) in [6.07, 6.45) is 2.95. The largest absolute Gasteiger partial charge is 0.264 e. The topological polar surface area (TPSA) is 72.0 Å². The van der Waals surface area contributed by atoms with E-state index in [2.05, 4.69) is 14.7 Å². The van der Waals surface area contributed by atoms with E-state index >= 15 is 0 Å². The van der Waals surface area contributed by atoms with Gasteiger partial charge in [0.1, 0.15) is 10.6 Å². The highest BCUT2D eigenvalue weighted by Gasteiger charge is 2.20. The summed E-state index contributed by atoms with van der Waals surface area (Å²) in [5.74, 6) is 0.171. The molecular formula is C14H10ClN3O2S2. The Morgan fingerprint density at radius 2 is 1.82 bits per heavy atom. The van der Waals surface area contributed by atoms with E-state index in [0.29, 0.717) is 5.69 Å². The Labute approximate surface area is 136 Å². The molecule has 0 spiro atoms. The van der Waals surface area contributed by atoms with Gasteiger partial charge in [0, 0.05) is 12.4 Å². The molecule has 112 valence electrons. The fraction of sp³-hybridized carbons (Fsp3) is 0. The van der Waals surface area contributed by atoms with Gasteiger partial charge in [0.2, 0.25) is 0 Å². The lowest BCUT2D eigenvalue weighted by Crippen LogP contribution is -2.15. The first-order chi connectivity index (χ1) is 10.6. The molecule has 0 unspecified atom stereocenters. The Balaban J connectivity index is 2.03. The third-order valence-corrected chi connectivity index (χ3v) is 5.53. The summed E-state index contributed by atoms with van der Waals surface area (Å²) >= 11 is 7.41. The molecule has 0 aliphatic rings. The van der Waals surface area contributed by atoms with Crippen LogP contribution in [0.15, 0.2) is 59.1 Å². The SMILES string of the molecule is O=S(=O)(Nc1nccnc1-c1cccs1)c1ccccc1Cl. The van der Waals surface area contributed by atoms with Crippen LogP contribution in [-0.2, 0) is 10.0 Å². The monoisotopic (exact) mass is 351 g/mol. The van der Waals surface area contributed by atoms with E-state index in [1.165, 1.54) is 35.9 Å². The summed E-state index contributed by atoms with van der Waals surface area (Å²) in [7, 11) is -3.84. The first-order valence-corrected chi connectivity index (χ1v) is 8.94. The molecule has 3 aromatic rings. The number of nitrogens with zero attached hydrogens (tertiary/aromatic N) is 2. The number of rotatable bonds is 4. The van der Waals surface area contributed by atoms with E-state index in [0.717, 1.165) is 4.88 Å². The molecule has 0 saturated heterocycles. The zero-order valence-corrected chi connectivity index (χ0v) is 13.5. The van der Waals surface area contributed by atoms with Crippen molar-refractivity contribution in [1.29, 1.82) is 0 Å². The zero-order valence-electron chi connectivity index (χ0n) is 11.1. The number of thiophene rings is 1. The fourth-order valence-corrected chi connectivity index (χ4v) is 4.11. The van der Waals surface area contributed by atoms with Crippen molar-refractivity contribution >= 4 is 38.8 Å². The average Bonchev–Trinajstić information content (AvgIpc) is 3.02. The zero-order chi connectivity index (χ0) is 15.6. The van der Waals surface area contributed by atoms with Crippen LogP contribution >= 0.6 is 22.9 Å². The number of benzene rings is 1. The number of halogens is 1. The minimum absolute atomic E-state index is 0.000510. The molecule has 0 bridgehead atoms. The van der Waals surface area contributed by atoms with Gasteiger partial charge in [-0.3, -0.25) is 4.72 Å². The molecule has 3 rings (SSSR count). The van der Waals surface area contributed by atoms with E-state index in [-0.39, 0.29) is 15.7 Å². The summed E-state index contributed by atoms with van der Waals surface area (Å²) in [6, 6.07) is 9.94. The van der Waals surface area contributed by atoms with E-state index < -0.39 is 10.0 Å². The Hall–Kier alpha value is -1.96. The highest BCUT2D eigenvalue weighted by molar-refractivity contribution is 7.92. The molecule has 0 amide bonds. The van der Waals surface area contributed by atoms with E-state index in [4.69, 9.17) is 11.6 Å². The van der Waals surface area contributed by atoms with Crippen molar-refractivity contribution in [2.24, 2.45) is 0 Å². The van der Waals surface area contributed by atoms with Crippen molar-refractivity contribution in [3.05, 3.63) is 59.2 Å².